The van der Waals surface area contributed by atoms with Gasteiger partial charge in [-0.15, -0.1) is 0 Å². The summed E-state index contributed by atoms with van der Waals surface area (Å²) in [5, 5.41) is 3.39. The molecule has 7 nitrogen and oxygen atoms in total. The Morgan fingerprint density at radius 3 is 2.28 bits per heavy atom. The molecule has 1 N–H and O–H groups in total. The van der Waals surface area contributed by atoms with E-state index in [0.29, 0.717) is 17.1 Å². The van der Waals surface area contributed by atoms with Crippen molar-refractivity contribution in [2.45, 2.75) is 72.5 Å². The number of halogens is 1. The van der Waals surface area contributed by atoms with Crippen LogP contribution in [0.1, 0.15) is 56.7 Å². The molecule has 0 heterocycles. The lowest BCUT2D eigenvalue weighted by Gasteiger charge is -2.30. The van der Waals surface area contributed by atoms with Gasteiger partial charge in [-0.3, -0.25) is 13.9 Å². The van der Waals surface area contributed by atoms with Gasteiger partial charge < -0.3 is 10.2 Å². The summed E-state index contributed by atoms with van der Waals surface area (Å²) in [6.45, 7) is 9.85. The zero-order valence-electron chi connectivity index (χ0n) is 22.0. The zero-order chi connectivity index (χ0) is 27.0. The van der Waals surface area contributed by atoms with Crippen molar-refractivity contribution in [2.75, 3.05) is 17.1 Å². The number of sulfonamides is 1. The number of carbonyl (C=O) groups is 2. The maximum Gasteiger partial charge on any atom is 0.242 e. The quantitative estimate of drug-likeness (QED) is 0.421. The second-order valence-corrected chi connectivity index (χ2v) is 11.7. The highest BCUT2D eigenvalue weighted by molar-refractivity contribution is 7.92. The van der Waals surface area contributed by atoms with Gasteiger partial charge in [0.05, 0.1) is 11.9 Å². The van der Waals surface area contributed by atoms with Crippen molar-refractivity contribution in [3.05, 3.63) is 64.2 Å². The van der Waals surface area contributed by atoms with Crippen molar-refractivity contribution in [1.29, 1.82) is 0 Å². The molecule has 0 radical (unpaired) electrons. The summed E-state index contributed by atoms with van der Waals surface area (Å²) in [5.41, 5.74) is 3.29. The zero-order valence-corrected chi connectivity index (χ0v) is 23.6. The summed E-state index contributed by atoms with van der Waals surface area (Å²) in [7, 11) is -3.59. The molecule has 0 aromatic heterocycles. The van der Waals surface area contributed by atoms with Crippen molar-refractivity contribution < 1.29 is 18.0 Å². The number of nitrogens with one attached hydrogen (secondary N) is 1. The van der Waals surface area contributed by atoms with Crippen LogP contribution in [-0.2, 0) is 26.2 Å². The molecule has 2 rings (SSSR count). The maximum absolute atomic E-state index is 13.4. The number of benzene rings is 2. The number of aryl methyl sites for hydroxylation is 2. The molecule has 0 bridgehead atoms. The van der Waals surface area contributed by atoms with E-state index in [9.17, 15) is 18.0 Å². The third-order valence-corrected chi connectivity index (χ3v) is 7.65. The van der Waals surface area contributed by atoms with E-state index in [2.05, 4.69) is 5.32 Å². The van der Waals surface area contributed by atoms with Gasteiger partial charge in [0.25, 0.3) is 0 Å². The molecule has 0 unspecified atom stereocenters. The molecule has 0 spiro atoms. The van der Waals surface area contributed by atoms with Crippen LogP contribution in [0.5, 0.6) is 0 Å². The molecular formula is C27H38ClN3O4S. The van der Waals surface area contributed by atoms with E-state index in [1.54, 1.807) is 30.0 Å². The Balaban J connectivity index is 2.20. The van der Waals surface area contributed by atoms with Crippen LogP contribution >= 0.6 is 11.6 Å². The molecule has 9 heteroatoms. The lowest BCUT2D eigenvalue weighted by molar-refractivity contribution is -0.140. The second kappa shape index (κ2) is 13.1. The predicted molar refractivity (Wildman–Crippen MR) is 147 cm³/mol. The molecule has 0 fully saturated rings. The van der Waals surface area contributed by atoms with Gasteiger partial charge in [-0.05, 0) is 63.8 Å². The Morgan fingerprint density at radius 2 is 1.69 bits per heavy atom. The SMILES string of the molecule is CC[C@@H](C)NC(=O)[C@@H](C)N(Cc1ccc(C)cc1)C(=O)CCCN(c1cc(Cl)ccc1C)S(C)(=O)=O. The molecular weight excluding hydrogens is 498 g/mol. The Bertz CT molecular complexity index is 1150. The fourth-order valence-corrected chi connectivity index (χ4v) is 4.95. The number of hydrogen-bond acceptors (Lipinski definition) is 4. The number of hydrogen-bond donors (Lipinski definition) is 1. The van der Waals surface area contributed by atoms with Gasteiger partial charge in [-0.2, -0.15) is 0 Å². The van der Waals surface area contributed by atoms with E-state index in [1.807, 2.05) is 52.0 Å². The number of carbonyl (C=O) groups excluding carboxylic acids is 2. The topological polar surface area (TPSA) is 86.8 Å². The average molecular weight is 536 g/mol. The molecule has 2 aromatic rings. The number of amides is 2. The first-order valence-electron chi connectivity index (χ1n) is 12.2. The van der Waals surface area contributed by atoms with Gasteiger partial charge in [-0.1, -0.05) is 54.4 Å². The van der Waals surface area contributed by atoms with E-state index in [0.717, 1.165) is 29.4 Å². The predicted octanol–water partition coefficient (Wildman–Crippen LogP) is 4.84. The van der Waals surface area contributed by atoms with Crippen molar-refractivity contribution in [3.8, 4) is 0 Å². The number of nitrogens with zero attached hydrogens (tertiary/aromatic N) is 2. The fourth-order valence-electron chi connectivity index (χ4n) is 3.77. The van der Waals surface area contributed by atoms with Crippen LogP contribution in [0.2, 0.25) is 5.02 Å². The molecule has 2 aromatic carbocycles. The first kappa shape index (κ1) is 29.6. The lowest BCUT2D eigenvalue weighted by Crippen LogP contribution is -2.49. The normalized spacial score (nSPS) is 13.1. The van der Waals surface area contributed by atoms with Crippen molar-refractivity contribution in [1.82, 2.24) is 10.2 Å². The summed E-state index contributed by atoms with van der Waals surface area (Å²) in [5.74, 6) is -0.421. The van der Waals surface area contributed by atoms with Gasteiger partial charge in [-0.25, -0.2) is 8.42 Å². The molecule has 0 aliphatic rings. The van der Waals surface area contributed by atoms with Gasteiger partial charge in [0.1, 0.15) is 6.04 Å². The lowest BCUT2D eigenvalue weighted by atomic mass is 10.1. The fraction of sp³-hybridized carbons (Fsp3) is 0.481. The summed E-state index contributed by atoms with van der Waals surface area (Å²) in [6.07, 6.45) is 2.31. The first-order chi connectivity index (χ1) is 16.8. The molecule has 0 saturated carbocycles. The summed E-state index contributed by atoms with van der Waals surface area (Å²) >= 11 is 6.11. The number of rotatable bonds is 12. The van der Waals surface area contributed by atoms with E-state index in [1.165, 1.54) is 4.31 Å². The van der Waals surface area contributed by atoms with Crippen LogP contribution in [-0.4, -0.2) is 50.0 Å². The van der Waals surface area contributed by atoms with Crippen LogP contribution in [0.25, 0.3) is 0 Å². The molecule has 36 heavy (non-hydrogen) atoms. The van der Waals surface area contributed by atoms with Crippen LogP contribution in [0, 0.1) is 13.8 Å². The second-order valence-electron chi connectivity index (χ2n) is 9.37. The highest BCUT2D eigenvalue weighted by atomic mass is 35.5. The third kappa shape index (κ3) is 8.52. The summed E-state index contributed by atoms with van der Waals surface area (Å²) in [4.78, 5) is 27.8. The molecule has 0 aliphatic carbocycles. The molecule has 0 aliphatic heterocycles. The molecule has 2 atom stereocenters. The Hall–Kier alpha value is -2.58. The van der Waals surface area contributed by atoms with Crippen molar-refractivity contribution in [2.24, 2.45) is 0 Å². The van der Waals surface area contributed by atoms with E-state index < -0.39 is 16.1 Å². The minimum Gasteiger partial charge on any atom is -0.352 e. The molecule has 0 saturated heterocycles. The van der Waals surface area contributed by atoms with E-state index >= 15 is 0 Å². The average Bonchev–Trinajstić information content (AvgIpc) is 2.81. The van der Waals surface area contributed by atoms with Crippen LogP contribution in [0.15, 0.2) is 42.5 Å². The molecule has 2 amide bonds. The minimum absolute atomic E-state index is 0.000493. The van der Waals surface area contributed by atoms with Gasteiger partial charge in [0, 0.05) is 30.6 Å². The smallest absolute Gasteiger partial charge is 0.242 e. The standard InChI is InChI=1S/C27H38ClN3O4S/c1-7-21(4)29-27(33)22(5)30(18-23-13-10-19(2)11-14-23)26(32)9-8-16-31(36(6,34)35)25-17-24(28)15-12-20(25)3/h10-15,17,21-22H,7-9,16,18H2,1-6H3,(H,29,33)/t21-,22-/m1/s1. The Kier molecular flexibility index (Phi) is 10.8. The van der Waals surface area contributed by atoms with Gasteiger partial charge in [0.15, 0.2) is 0 Å². The monoisotopic (exact) mass is 535 g/mol. The number of anilines is 1. The highest BCUT2D eigenvalue weighted by Gasteiger charge is 2.27. The Morgan fingerprint density at radius 1 is 1.06 bits per heavy atom. The molecule has 198 valence electrons. The maximum atomic E-state index is 13.4. The van der Waals surface area contributed by atoms with Crippen LogP contribution in [0.3, 0.4) is 0 Å². The highest BCUT2D eigenvalue weighted by Crippen LogP contribution is 2.27. The third-order valence-electron chi connectivity index (χ3n) is 6.23. The van der Waals surface area contributed by atoms with Crippen LogP contribution in [0.4, 0.5) is 5.69 Å². The minimum atomic E-state index is -3.59. The van der Waals surface area contributed by atoms with Gasteiger partial charge >= 0.3 is 0 Å². The van der Waals surface area contributed by atoms with E-state index in [-0.39, 0.29) is 37.4 Å². The summed E-state index contributed by atoms with van der Waals surface area (Å²) < 4.78 is 26.4. The van der Waals surface area contributed by atoms with E-state index in [4.69, 9.17) is 11.6 Å². The van der Waals surface area contributed by atoms with Crippen molar-refractivity contribution >= 4 is 39.1 Å². The summed E-state index contributed by atoms with van der Waals surface area (Å²) in [6, 6.07) is 12.3. The Labute approximate surface area is 220 Å². The largest absolute Gasteiger partial charge is 0.352 e. The van der Waals surface area contributed by atoms with Crippen LogP contribution < -0.4 is 9.62 Å². The van der Waals surface area contributed by atoms with Gasteiger partial charge in [0.2, 0.25) is 21.8 Å². The first-order valence-corrected chi connectivity index (χ1v) is 14.4. The van der Waals surface area contributed by atoms with Crippen molar-refractivity contribution in [3.63, 3.8) is 0 Å².